The number of nitrogens with zero attached hydrogens (tertiary/aromatic N) is 2. The largest absolute Gasteiger partial charge is 0.416 e. The molecule has 1 aromatic carbocycles. The smallest absolute Gasteiger partial charge is 0.410 e. The van der Waals surface area contributed by atoms with Crippen molar-refractivity contribution in [3.8, 4) is 5.75 Å². The minimum absolute atomic E-state index is 0.0562. The first-order valence-corrected chi connectivity index (χ1v) is 8.35. The van der Waals surface area contributed by atoms with Crippen LogP contribution in [0.25, 0.3) is 0 Å². The number of thiazole rings is 1. The number of para-hydroxylation sites is 1. The number of rotatable bonds is 3. The minimum atomic E-state index is -0.791. The first kappa shape index (κ1) is 16.4. The Morgan fingerprint density at radius 3 is 2.79 bits per heavy atom. The summed E-state index contributed by atoms with van der Waals surface area (Å²) < 4.78 is 5.26. The van der Waals surface area contributed by atoms with Crippen LogP contribution in [-0.4, -0.2) is 45.7 Å². The predicted octanol–water partition coefficient (Wildman–Crippen LogP) is 2.02. The average molecular weight is 347 g/mol. The van der Waals surface area contributed by atoms with Gasteiger partial charge in [0.1, 0.15) is 11.8 Å². The summed E-state index contributed by atoms with van der Waals surface area (Å²) in [5.74, 6) is 0.00417. The molecule has 2 N–H and O–H groups in total. The number of aliphatic hydroxyl groups excluding tert-OH is 1. The molecule has 2 aromatic rings. The van der Waals surface area contributed by atoms with E-state index in [2.05, 4.69) is 10.3 Å². The van der Waals surface area contributed by atoms with Crippen LogP contribution in [0.4, 0.5) is 9.93 Å². The molecule has 2 heterocycles. The van der Waals surface area contributed by atoms with Gasteiger partial charge in [-0.2, -0.15) is 0 Å². The van der Waals surface area contributed by atoms with Crippen LogP contribution in [0.1, 0.15) is 12.1 Å². The molecule has 126 valence electrons. The molecule has 2 amide bonds. The maximum atomic E-state index is 12.4. The van der Waals surface area contributed by atoms with Gasteiger partial charge in [-0.3, -0.25) is 9.69 Å². The highest BCUT2D eigenvalue weighted by Crippen LogP contribution is 2.23. The molecule has 1 fully saturated rings. The van der Waals surface area contributed by atoms with Gasteiger partial charge >= 0.3 is 6.09 Å². The SMILES string of the molecule is Cc1csc(NC(=O)[C@H]2C[C@H](O)CN2C(=O)Oc2ccccc2)n1. The van der Waals surface area contributed by atoms with Crippen molar-refractivity contribution < 1.29 is 19.4 Å². The van der Waals surface area contributed by atoms with Crippen LogP contribution in [0, 0.1) is 6.92 Å². The molecule has 24 heavy (non-hydrogen) atoms. The number of likely N-dealkylation sites (tertiary alicyclic amines) is 1. The van der Waals surface area contributed by atoms with E-state index in [1.54, 1.807) is 24.3 Å². The van der Waals surface area contributed by atoms with Crippen molar-refractivity contribution in [3.63, 3.8) is 0 Å². The molecule has 1 aliphatic heterocycles. The van der Waals surface area contributed by atoms with Gasteiger partial charge in [0.25, 0.3) is 0 Å². The Bertz CT molecular complexity index is 734. The van der Waals surface area contributed by atoms with E-state index in [1.807, 2.05) is 18.4 Å². The van der Waals surface area contributed by atoms with E-state index in [1.165, 1.54) is 16.2 Å². The summed E-state index contributed by atoms with van der Waals surface area (Å²) >= 11 is 1.31. The monoisotopic (exact) mass is 347 g/mol. The number of carbonyl (C=O) groups excluding carboxylic acids is 2. The molecule has 0 spiro atoms. The molecule has 1 aromatic heterocycles. The summed E-state index contributed by atoms with van der Waals surface area (Å²) in [4.78, 5) is 30.2. The van der Waals surface area contributed by atoms with Gasteiger partial charge < -0.3 is 15.2 Å². The zero-order valence-electron chi connectivity index (χ0n) is 13.0. The fourth-order valence-electron chi connectivity index (χ4n) is 2.51. The van der Waals surface area contributed by atoms with Gasteiger partial charge in [0.2, 0.25) is 5.91 Å². The fourth-order valence-corrected chi connectivity index (χ4v) is 3.20. The van der Waals surface area contributed by atoms with Crippen LogP contribution in [0.5, 0.6) is 5.75 Å². The zero-order valence-corrected chi connectivity index (χ0v) is 13.8. The Morgan fingerprint density at radius 2 is 2.12 bits per heavy atom. The Labute approximate surface area is 142 Å². The number of hydrogen-bond donors (Lipinski definition) is 2. The summed E-state index contributed by atoms with van der Waals surface area (Å²) in [5, 5.41) is 14.8. The van der Waals surface area contributed by atoms with Crippen LogP contribution in [0.3, 0.4) is 0 Å². The van der Waals surface area contributed by atoms with Gasteiger partial charge in [0, 0.05) is 11.8 Å². The number of aliphatic hydroxyl groups is 1. The highest BCUT2D eigenvalue weighted by molar-refractivity contribution is 7.13. The lowest BCUT2D eigenvalue weighted by molar-refractivity contribution is -0.119. The quantitative estimate of drug-likeness (QED) is 0.886. The second kappa shape index (κ2) is 6.98. The standard InChI is InChI=1S/C16H17N3O4S/c1-10-9-24-15(17-10)18-14(21)13-7-11(20)8-19(13)16(22)23-12-5-3-2-4-6-12/h2-6,9,11,13,20H,7-8H2,1H3,(H,17,18,21)/t11-,13+/m0/s1. The van der Waals surface area contributed by atoms with Crippen LogP contribution in [0.2, 0.25) is 0 Å². The topological polar surface area (TPSA) is 91.8 Å². The Hall–Kier alpha value is -2.45. The number of β-amino-alcohol motifs (C(OH)–C–C–N with tert-alkyl or cyclic N) is 1. The zero-order chi connectivity index (χ0) is 17.1. The summed E-state index contributed by atoms with van der Waals surface area (Å²) in [6, 6.07) is 7.81. The van der Waals surface area contributed by atoms with Crippen LogP contribution >= 0.6 is 11.3 Å². The van der Waals surface area contributed by atoms with Crippen LogP contribution in [0.15, 0.2) is 35.7 Å². The summed E-state index contributed by atoms with van der Waals surface area (Å²) in [6.45, 7) is 1.88. The summed E-state index contributed by atoms with van der Waals surface area (Å²) in [5.41, 5.74) is 0.808. The lowest BCUT2D eigenvalue weighted by atomic mass is 10.2. The number of amides is 2. The average Bonchev–Trinajstić information content (AvgIpc) is 3.14. The maximum absolute atomic E-state index is 12.4. The van der Waals surface area contributed by atoms with Crippen molar-refractivity contribution in [2.75, 3.05) is 11.9 Å². The molecule has 0 radical (unpaired) electrons. The van der Waals surface area contributed by atoms with E-state index in [-0.39, 0.29) is 18.9 Å². The van der Waals surface area contributed by atoms with Crippen molar-refractivity contribution in [1.82, 2.24) is 9.88 Å². The van der Waals surface area contributed by atoms with Gasteiger partial charge in [0.15, 0.2) is 5.13 Å². The number of hydrogen-bond acceptors (Lipinski definition) is 6. The fraction of sp³-hybridized carbons (Fsp3) is 0.312. The van der Waals surface area contributed by atoms with E-state index >= 15 is 0 Å². The molecular formula is C16H17N3O4S. The highest BCUT2D eigenvalue weighted by Gasteiger charge is 2.40. The lowest BCUT2D eigenvalue weighted by Gasteiger charge is -2.22. The van der Waals surface area contributed by atoms with Crippen molar-refractivity contribution in [2.45, 2.75) is 25.5 Å². The molecule has 1 saturated heterocycles. The lowest BCUT2D eigenvalue weighted by Crippen LogP contribution is -2.44. The van der Waals surface area contributed by atoms with Crippen molar-refractivity contribution in [1.29, 1.82) is 0 Å². The Morgan fingerprint density at radius 1 is 1.38 bits per heavy atom. The van der Waals surface area contributed by atoms with Gasteiger partial charge in [-0.25, -0.2) is 9.78 Å². The van der Waals surface area contributed by atoms with Crippen molar-refractivity contribution in [3.05, 3.63) is 41.4 Å². The van der Waals surface area contributed by atoms with E-state index in [0.717, 1.165) is 5.69 Å². The molecular weight excluding hydrogens is 330 g/mol. The number of benzene rings is 1. The summed E-state index contributed by atoms with van der Waals surface area (Å²) in [7, 11) is 0. The molecule has 7 nitrogen and oxygen atoms in total. The number of carbonyl (C=O) groups is 2. The Kier molecular flexibility index (Phi) is 4.77. The van der Waals surface area contributed by atoms with E-state index in [0.29, 0.717) is 10.9 Å². The predicted molar refractivity (Wildman–Crippen MR) is 89.1 cm³/mol. The first-order chi connectivity index (χ1) is 11.5. The normalized spacial score (nSPS) is 20.0. The molecule has 0 unspecified atom stereocenters. The third kappa shape index (κ3) is 3.72. The van der Waals surface area contributed by atoms with Gasteiger partial charge in [0.05, 0.1) is 18.3 Å². The molecule has 3 rings (SSSR count). The number of ether oxygens (including phenoxy) is 1. The highest BCUT2D eigenvalue weighted by atomic mass is 32.1. The molecule has 1 aliphatic rings. The Balaban J connectivity index is 1.69. The van der Waals surface area contributed by atoms with Crippen LogP contribution < -0.4 is 10.1 Å². The first-order valence-electron chi connectivity index (χ1n) is 7.47. The molecule has 2 atom stereocenters. The number of anilines is 1. The summed E-state index contributed by atoms with van der Waals surface area (Å²) in [6.07, 6.45) is -1.25. The van der Waals surface area contributed by atoms with Gasteiger partial charge in [-0.1, -0.05) is 18.2 Å². The third-order valence-electron chi connectivity index (χ3n) is 3.61. The van der Waals surface area contributed by atoms with E-state index in [9.17, 15) is 14.7 Å². The van der Waals surface area contributed by atoms with Crippen molar-refractivity contribution >= 4 is 28.5 Å². The number of nitrogens with one attached hydrogen (secondary N) is 1. The molecule has 0 bridgehead atoms. The van der Waals surface area contributed by atoms with E-state index in [4.69, 9.17) is 4.74 Å². The maximum Gasteiger partial charge on any atom is 0.416 e. The minimum Gasteiger partial charge on any atom is -0.410 e. The van der Waals surface area contributed by atoms with E-state index < -0.39 is 18.2 Å². The third-order valence-corrected chi connectivity index (χ3v) is 4.49. The molecule has 0 aliphatic carbocycles. The molecule has 0 saturated carbocycles. The van der Waals surface area contributed by atoms with Crippen LogP contribution in [-0.2, 0) is 4.79 Å². The number of aromatic nitrogens is 1. The number of aryl methyl sites for hydroxylation is 1. The van der Waals surface area contributed by atoms with Gasteiger partial charge in [-0.15, -0.1) is 11.3 Å². The van der Waals surface area contributed by atoms with Crippen molar-refractivity contribution in [2.24, 2.45) is 0 Å². The second-order valence-corrected chi connectivity index (χ2v) is 6.38. The second-order valence-electron chi connectivity index (χ2n) is 5.52. The molecule has 8 heteroatoms. The van der Waals surface area contributed by atoms with Gasteiger partial charge in [-0.05, 0) is 19.1 Å².